The molecule has 8 rings (SSSR count). The van der Waals surface area contributed by atoms with E-state index in [-0.39, 0.29) is 35.7 Å². The third-order valence-electron chi connectivity index (χ3n) is 12.9. The fraction of sp³-hybridized carbons (Fsp3) is 0.409. The van der Waals surface area contributed by atoms with E-state index in [0.717, 1.165) is 12.1 Å². The first kappa shape index (κ1) is 40.7. The zero-order valence-electron chi connectivity index (χ0n) is 31.5. The van der Waals surface area contributed by atoms with Crippen LogP contribution < -0.4 is 10.6 Å². The minimum Gasteiger partial charge on any atom is -0.391 e. The zero-order chi connectivity index (χ0) is 41.1. The minimum absolute atomic E-state index is 0.0124. The molecule has 1 unspecified atom stereocenters. The fourth-order valence-electron chi connectivity index (χ4n) is 10.6. The third kappa shape index (κ3) is 6.33. The van der Waals surface area contributed by atoms with Crippen LogP contribution >= 0.6 is 23.2 Å². The molecule has 58 heavy (non-hydrogen) atoms. The van der Waals surface area contributed by atoms with Gasteiger partial charge in [-0.3, -0.25) is 23.3 Å². The summed E-state index contributed by atoms with van der Waals surface area (Å²) in [6, 6.07) is 20.2. The number of nitrogens with zero attached hydrogens (tertiary/aromatic N) is 1. The van der Waals surface area contributed by atoms with Crippen molar-refractivity contribution < 1.29 is 42.1 Å². The number of amides is 2. The van der Waals surface area contributed by atoms with Crippen LogP contribution in [0.25, 0.3) is 0 Å². The van der Waals surface area contributed by atoms with Crippen molar-refractivity contribution in [3.05, 3.63) is 135 Å². The predicted molar refractivity (Wildman–Crippen MR) is 211 cm³/mol. The highest BCUT2D eigenvalue weighted by atomic mass is 35.5. The Kier molecular flexibility index (Phi) is 10.9. The monoisotopic (exact) mass is 839 g/mol. The molecule has 1 saturated carbocycles. The zero-order valence-corrected chi connectivity index (χ0v) is 33.0. The lowest BCUT2D eigenvalue weighted by molar-refractivity contribution is -0.166. The normalized spacial score (nSPS) is 27.4. The molecule has 3 fully saturated rings. The van der Waals surface area contributed by atoms with Crippen molar-refractivity contribution in [2.45, 2.75) is 85.9 Å². The van der Waals surface area contributed by atoms with Gasteiger partial charge in [0.1, 0.15) is 17.0 Å². The highest BCUT2D eigenvalue weighted by Gasteiger charge is 2.82. The van der Waals surface area contributed by atoms with Gasteiger partial charge >= 0.3 is 0 Å². The number of hydrogen-bond acceptors (Lipinski definition) is 6. The second-order valence-electron chi connectivity index (χ2n) is 16.3. The van der Waals surface area contributed by atoms with E-state index in [0.29, 0.717) is 24.0 Å². The van der Waals surface area contributed by atoms with E-state index in [4.69, 9.17) is 27.9 Å². The van der Waals surface area contributed by atoms with E-state index in [2.05, 4.69) is 10.6 Å². The van der Waals surface area contributed by atoms with Crippen LogP contribution in [0.5, 0.6) is 0 Å². The first-order chi connectivity index (χ1) is 27.8. The summed E-state index contributed by atoms with van der Waals surface area (Å²) in [5.41, 5.74) is -4.41. The molecule has 8 nitrogen and oxygen atoms in total. The largest absolute Gasteiger partial charge is 0.391 e. The summed E-state index contributed by atoms with van der Waals surface area (Å²) in [7, 11) is 0. The number of aliphatic hydroxyl groups is 2. The molecule has 2 spiro atoms. The molecule has 2 amide bonds. The van der Waals surface area contributed by atoms with Crippen LogP contribution in [0, 0.1) is 17.0 Å². The van der Waals surface area contributed by atoms with Gasteiger partial charge in [-0.05, 0) is 79.1 Å². The highest BCUT2D eigenvalue weighted by Crippen LogP contribution is 2.74. The van der Waals surface area contributed by atoms with Crippen LogP contribution in [-0.4, -0.2) is 76.7 Å². The molecule has 3 heterocycles. The molecular weight excluding hydrogens is 797 g/mol. The molecule has 4 aromatic rings. The molecule has 0 radical (unpaired) electrons. The number of aliphatic hydroxyl groups excluding tert-OH is 2. The SMILES string of the molecule is C[C@@H](O)[C@@H]1CC[C@@H](NC(=O)[C@H]2[C@H](c3cc(F)cc(Cl)c3F)C3(C(=O)Nc4cc(Cl)ccc43)C3(CC(CF)(CF)C3)N2[C@H](c2ccccc2)[C@@H](O)c2ccccc2)CO1. The summed E-state index contributed by atoms with van der Waals surface area (Å²) in [5.74, 6) is -5.08. The van der Waals surface area contributed by atoms with E-state index < -0.39 is 106 Å². The summed E-state index contributed by atoms with van der Waals surface area (Å²) in [4.78, 5) is 32.6. The number of benzene rings is 4. The van der Waals surface area contributed by atoms with Crippen LogP contribution in [0.4, 0.5) is 23.2 Å². The van der Waals surface area contributed by atoms with Crippen molar-refractivity contribution in [2.24, 2.45) is 5.41 Å². The highest BCUT2D eigenvalue weighted by molar-refractivity contribution is 6.31. The van der Waals surface area contributed by atoms with Crippen LogP contribution in [0.15, 0.2) is 91.0 Å². The molecule has 0 bridgehead atoms. The second-order valence-corrected chi connectivity index (χ2v) is 17.2. The van der Waals surface area contributed by atoms with Gasteiger partial charge in [-0.15, -0.1) is 0 Å². The average molecular weight is 841 g/mol. The number of alkyl halides is 2. The molecule has 2 saturated heterocycles. The van der Waals surface area contributed by atoms with Gasteiger partial charge in [0.2, 0.25) is 11.8 Å². The van der Waals surface area contributed by atoms with Gasteiger partial charge in [-0.2, -0.15) is 0 Å². The number of likely N-dealkylation sites (tertiary alicyclic amines) is 1. The van der Waals surface area contributed by atoms with Crippen molar-refractivity contribution in [3.63, 3.8) is 0 Å². The van der Waals surface area contributed by atoms with Gasteiger partial charge in [0.15, 0.2) is 0 Å². The van der Waals surface area contributed by atoms with Crippen LogP contribution in [0.1, 0.15) is 72.9 Å². The topological polar surface area (TPSA) is 111 Å². The van der Waals surface area contributed by atoms with Gasteiger partial charge in [-0.25, -0.2) is 8.78 Å². The van der Waals surface area contributed by atoms with E-state index in [1.807, 2.05) is 0 Å². The maximum Gasteiger partial charge on any atom is 0.238 e. The van der Waals surface area contributed by atoms with Crippen molar-refractivity contribution in [1.82, 2.24) is 10.2 Å². The summed E-state index contributed by atoms with van der Waals surface area (Å²) in [6.45, 7) is -0.617. The Bertz CT molecular complexity index is 2180. The number of halogens is 6. The van der Waals surface area contributed by atoms with Crippen molar-refractivity contribution in [1.29, 1.82) is 0 Å². The molecule has 8 atom stereocenters. The summed E-state index contributed by atoms with van der Waals surface area (Å²) in [5, 5.41) is 28.5. The number of nitrogens with one attached hydrogen (secondary N) is 2. The molecule has 1 aliphatic carbocycles. The Balaban J connectivity index is 1.45. The fourth-order valence-corrected chi connectivity index (χ4v) is 10.9. The Morgan fingerprint density at radius 2 is 1.60 bits per heavy atom. The summed E-state index contributed by atoms with van der Waals surface area (Å²) >= 11 is 12.9. The van der Waals surface area contributed by atoms with Gasteiger partial charge < -0.3 is 25.6 Å². The van der Waals surface area contributed by atoms with Crippen molar-refractivity contribution >= 4 is 40.7 Å². The lowest BCUT2D eigenvalue weighted by Gasteiger charge is -2.63. The summed E-state index contributed by atoms with van der Waals surface area (Å²) in [6.07, 6.45) is -2.58. The van der Waals surface area contributed by atoms with E-state index in [1.165, 1.54) is 12.1 Å². The maximum atomic E-state index is 17.0. The minimum atomic E-state index is -2.05. The van der Waals surface area contributed by atoms with Gasteiger partial charge in [0, 0.05) is 27.6 Å². The smallest absolute Gasteiger partial charge is 0.238 e. The van der Waals surface area contributed by atoms with Gasteiger partial charge in [0.25, 0.3) is 0 Å². The average Bonchev–Trinajstić information content (AvgIpc) is 3.64. The van der Waals surface area contributed by atoms with Crippen LogP contribution in [-0.2, 0) is 19.7 Å². The standard InChI is InChI=1S/C44H43Cl2F4N3O5/c1-24(54)34-15-13-29(19-58-34)51-40(56)38-35(30-17-28(49)18-32(46)36(30)50)44(31-14-12-27(45)16-33(31)52-41(44)57)43(20-42(21-43,22-47)23-48)53(38)37(25-8-4-2-5-9-25)39(55)26-10-6-3-7-11-26/h2-12,14,16-18,24,29,34-35,37-39,54-55H,13,15,19-23H2,1H3,(H,51,56)(H,52,57)/t24-,29-,34+,35+,37-,38-,39+,44?/m1/s1. The number of anilines is 1. The molecule has 0 aromatic heterocycles. The Labute approximate surface area is 343 Å². The van der Waals surface area contributed by atoms with E-state index in [1.54, 1.807) is 78.6 Å². The van der Waals surface area contributed by atoms with E-state index >= 15 is 27.2 Å². The Morgan fingerprint density at radius 3 is 2.21 bits per heavy atom. The first-order valence-corrected chi connectivity index (χ1v) is 20.1. The molecular formula is C44H43Cl2F4N3O5. The van der Waals surface area contributed by atoms with Gasteiger partial charge in [-0.1, -0.05) is 89.9 Å². The Hall–Kier alpha value is -4.04. The van der Waals surface area contributed by atoms with Crippen molar-refractivity contribution in [3.8, 4) is 0 Å². The van der Waals surface area contributed by atoms with Crippen LogP contribution in [0.3, 0.4) is 0 Å². The molecule has 4 aliphatic rings. The quantitative estimate of drug-likeness (QED) is 0.0956. The lowest BCUT2D eigenvalue weighted by atomic mass is 9.45. The third-order valence-corrected chi connectivity index (χ3v) is 13.4. The number of hydrogen-bond donors (Lipinski definition) is 4. The predicted octanol–water partition coefficient (Wildman–Crippen LogP) is 7.91. The summed E-state index contributed by atoms with van der Waals surface area (Å²) < 4.78 is 69.2. The number of fused-ring (bicyclic) bond motifs is 3. The van der Waals surface area contributed by atoms with Crippen molar-refractivity contribution in [2.75, 3.05) is 25.3 Å². The van der Waals surface area contributed by atoms with E-state index in [9.17, 15) is 10.2 Å². The molecule has 306 valence electrons. The lowest BCUT2D eigenvalue weighted by Crippen LogP contribution is -2.72. The van der Waals surface area contributed by atoms with Gasteiger partial charge in [0.05, 0.1) is 61.4 Å². The number of carbonyl (C=O) groups excluding carboxylic acids is 2. The van der Waals surface area contributed by atoms with Crippen LogP contribution in [0.2, 0.25) is 10.0 Å². The molecule has 3 aliphatic heterocycles. The molecule has 14 heteroatoms. The second kappa shape index (κ2) is 15.5. The number of carbonyl (C=O) groups is 2. The maximum absolute atomic E-state index is 17.0. The molecule has 4 aromatic carbocycles. The number of rotatable bonds is 10. The Morgan fingerprint density at radius 1 is 0.948 bits per heavy atom. The molecule has 4 N–H and O–H groups in total. The first-order valence-electron chi connectivity index (χ1n) is 19.3. The number of ether oxygens (including phenoxy) is 1.